The minimum Gasteiger partial charge on any atom is -0.349 e. The zero-order valence-corrected chi connectivity index (χ0v) is 21.8. The molecular weight excluding hydrogens is 452 g/mol. The quantitative estimate of drug-likeness (QED) is 0.344. The molecule has 0 radical (unpaired) electrons. The van der Waals surface area contributed by atoms with Gasteiger partial charge in [-0.05, 0) is 73.9 Å². The first kappa shape index (κ1) is 25.5. The molecule has 1 aliphatic rings. The Morgan fingerprint density at radius 2 is 1.71 bits per heavy atom. The highest BCUT2D eigenvalue weighted by Crippen LogP contribution is 2.38. The van der Waals surface area contributed by atoms with Crippen LogP contribution in [0.25, 0.3) is 0 Å². The van der Waals surface area contributed by atoms with Crippen molar-refractivity contribution in [1.82, 2.24) is 10.6 Å². The average Bonchev–Trinajstić information content (AvgIpc) is 2.88. The summed E-state index contributed by atoms with van der Waals surface area (Å²) in [5, 5.41) is 7.73. The Morgan fingerprint density at radius 1 is 0.971 bits per heavy atom. The highest BCUT2D eigenvalue weighted by molar-refractivity contribution is 6.30. The smallest absolute Gasteiger partial charge is 0.224 e. The van der Waals surface area contributed by atoms with Crippen molar-refractivity contribution in [2.45, 2.75) is 70.5 Å². The maximum atomic E-state index is 13.4. The van der Waals surface area contributed by atoms with E-state index < -0.39 is 0 Å². The molecule has 1 saturated carbocycles. The molecule has 1 amide bonds. The van der Waals surface area contributed by atoms with Crippen molar-refractivity contribution in [1.29, 1.82) is 0 Å². The summed E-state index contributed by atoms with van der Waals surface area (Å²) < 4.78 is 0. The van der Waals surface area contributed by atoms with E-state index in [9.17, 15) is 4.79 Å². The van der Waals surface area contributed by atoms with Gasteiger partial charge in [0.25, 0.3) is 0 Å². The lowest BCUT2D eigenvalue weighted by Gasteiger charge is -2.32. The Labute approximate surface area is 215 Å². The van der Waals surface area contributed by atoms with E-state index >= 15 is 0 Å². The van der Waals surface area contributed by atoms with Gasteiger partial charge in [0.2, 0.25) is 5.91 Å². The fraction of sp³-hybridized carbons (Fsp3) is 0.387. The molecule has 1 aliphatic carbocycles. The molecule has 3 nitrogen and oxygen atoms in total. The molecule has 2 N–H and O–H groups in total. The first-order chi connectivity index (χ1) is 16.8. The third-order valence-electron chi connectivity index (χ3n) is 7.42. The molecule has 1 fully saturated rings. The lowest BCUT2D eigenvalue weighted by molar-refractivity contribution is -0.127. The fourth-order valence-electron chi connectivity index (χ4n) is 5.23. The summed E-state index contributed by atoms with van der Waals surface area (Å²) in [4.78, 5) is 13.4. The maximum Gasteiger partial charge on any atom is 0.224 e. The normalized spacial score (nSPS) is 19.2. The van der Waals surface area contributed by atoms with E-state index in [2.05, 4.69) is 73.9 Å². The molecule has 0 spiro atoms. The predicted molar refractivity (Wildman–Crippen MR) is 145 cm³/mol. The SMILES string of the molecule is C[C@H](NC(=O)C1CCCCC1c1cccc(CNC(C)(C)c2cccc(Cl)c2)c1)c1ccccc1. The van der Waals surface area contributed by atoms with Gasteiger partial charge in [0.05, 0.1) is 6.04 Å². The molecule has 0 aliphatic heterocycles. The van der Waals surface area contributed by atoms with Crippen LogP contribution in [-0.2, 0) is 16.9 Å². The summed E-state index contributed by atoms with van der Waals surface area (Å²) >= 11 is 6.22. The third kappa shape index (κ3) is 6.54. The number of nitrogens with one attached hydrogen (secondary N) is 2. The second kappa shape index (κ2) is 11.4. The van der Waals surface area contributed by atoms with E-state index in [0.717, 1.165) is 42.0 Å². The summed E-state index contributed by atoms with van der Waals surface area (Å²) in [6.45, 7) is 7.18. The lowest BCUT2D eigenvalue weighted by atomic mass is 9.74. The van der Waals surface area contributed by atoms with Crippen LogP contribution < -0.4 is 10.6 Å². The number of carbonyl (C=O) groups is 1. The van der Waals surface area contributed by atoms with Crippen molar-refractivity contribution in [3.63, 3.8) is 0 Å². The molecule has 0 saturated heterocycles. The van der Waals surface area contributed by atoms with Crippen LogP contribution in [0, 0.1) is 5.92 Å². The molecule has 0 bridgehead atoms. The zero-order chi connectivity index (χ0) is 24.8. The van der Waals surface area contributed by atoms with Crippen molar-refractivity contribution >= 4 is 17.5 Å². The molecule has 4 heteroatoms. The van der Waals surface area contributed by atoms with E-state index in [4.69, 9.17) is 11.6 Å². The van der Waals surface area contributed by atoms with Crippen LogP contribution in [0.1, 0.15) is 80.7 Å². The van der Waals surface area contributed by atoms with Gasteiger partial charge >= 0.3 is 0 Å². The van der Waals surface area contributed by atoms with Crippen LogP contribution in [0.2, 0.25) is 5.02 Å². The number of carbonyl (C=O) groups excluding carboxylic acids is 1. The lowest BCUT2D eigenvalue weighted by Crippen LogP contribution is -2.37. The van der Waals surface area contributed by atoms with E-state index in [1.807, 2.05) is 36.4 Å². The van der Waals surface area contributed by atoms with Crippen molar-refractivity contribution in [3.8, 4) is 0 Å². The van der Waals surface area contributed by atoms with Crippen molar-refractivity contribution in [3.05, 3.63) is 106 Å². The van der Waals surface area contributed by atoms with Crippen molar-refractivity contribution in [2.75, 3.05) is 0 Å². The van der Waals surface area contributed by atoms with Gasteiger partial charge < -0.3 is 10.6 Å². The minimum absolute atomic E-state index is 0.00975. The molecule has 2 unspecified atom stereocenters. The van der Waals surface area contributed by atoms with Crippen molar-refractivity contribution < 1.29 is 4.79 Å². The summed E-state index contributed by atoms with van der Waals surface area (Å²) in [6.07, 6.45) is 4.29. The Hall–Kier alpha value is -2.62. The number of hydrogen-bond donors (Lipinski definition) is 2. The highest BCUT2D eigenvalue weighted by Gasteiger charge is 2.32. The molecule has 0 aromatic heterocycles. The van der Waals surface area contributed by atoms with Gasteiger partial charge in [0.1, 0.15) is 0 Å². The van der Waals surface area contributed by atoms with Gasteiger partial charge in [-0.1, -0.05) is 91.2 Å². The summed E-state index contributed by atoms with van der Waals surface area (Å²) in [7, 11) is 0. The predicted octanol–water partition coefficient (Wildman–Crippen LogP) is 7.52. The minimum atomic E-state index is -0.207. The summed E-state index contributed by atoms with van der Waals surface area (Å²) in [5.74, 6) is 0.449. The standard InChI is InChI=1S/C31H37ClN2O/c1-22(24-12-5-4-6-13-24)34-30(35)29-18-8-7-17-28(29)25-14-9-11-23(19-25)21-33-31(2,3)26-15-10-16-27(32)20-26/h4-6,9-16,19-20,22,28-29,33H,7-8,17-18,21H2,1-3H3,(H,34,35)/t22-,28?,29?/m0/s1. The van der Waals surface area contributed by atoms with Gasteiger partial charge in [0.15, 0.2) is 0 Å². The number of halogens is 1. The zero-order valence-electron chi connectivity index (χ0n) is 21.1. The van der Waals surface area contributed by atoms with Crippen LogP contribution in [0.15, 0.2) is 78.9 Å². The van der Waals surface area contributed by atoms with Gasteiger partial charge in [0, 0.05) is 23.0 Å². The number of benzene rings is 3. The first-order valence-corrected chi connectivity index (χ1v) is 13.2. The fourth-order valence-corrected chi connectivity index (χ4v) is 5.42. The van der Waals surface area contributed by atoms with Crippen LogP contribution >= 0.6 is 11.6 Å². The monoisotopic (exact) mass is 488 g/mol. The maximum absolute atomic E-state index is 13.4. The molecular formula is C31H37ClN2O. The summed E-state index contributed by atoms with van der Waals surface area (Å²) in [6, 6.07) is 27.0. The molecule has 4 rings (SSSR count). The van der Waals surface area contributed by atoms with Crippen LogP contribution in [0.5, 0.6) is 0 Å². The van der Waals surface area contributed by atoms with Gasteiger partial charge in [-0.2, -0.15) is 0 Å². The number of rotatable bonds is 8. The molecule has 3 aromatic rings. The Bertz CT molecular complexity index is 1130. The second-order valence-corrected chi connectivity index (χ2v) is 10.8. The van der Waals surface area contributed by atoms with E-state index in [1.165, 1.54) is 17.5 Å². The van der Waals surface area contributed by atoms with E-state index in [-0.39, 0.29) is 29.3 Å². The average molecular weight is 489 g/mol. The van der Waals surface area contributed by atoms with Gasteiger partial charge in [-0.25, -0.2) is 0 Å². The molecule has 184 valence electrons. The topological polar surface area (TPSA) is 41.1 Å². The van der Waals surface area contributed by atoms with Crippen LogP contribution in [-0.4, -0.2) is 5.91 Å². The van der Waals surface area contributed by atoms with E-state index in [1.54, 1.807) is 0 Å². The molecule has 3 aromatic carbocycles. The first-order valence-electron chi connectivity index (χ1n) is 12.8. The Kier molecular flexibility index (Phi) is 8.30. The molecule has 35 heavy (non-hydrogen) atoms. The van der Waals surface area contributed by atoms with Crippen LogP contribution in [0.4, 0.5) is 0 Å². The van der Waals surface area contributed by atoms with Gasteiger partial charge in [-0.15, -0.1) is 0 Å². The summed E-state index contributed by atoms with van der Waals surface area (Å²) in [5.41, 5.74) is 4.61. The third-order valence-corrected chi connectivity index (χ3v) is 7.66. The van der Waals surface area contributed by atoms with Crippen LogP contribution in [0.3, 0.4) is 0 Å². The Balaban J connectivity index is 1.45. The van der Waals surface area contributed by atoms with E-state index in [0.29, 0.717) is 0 Å². The highest BCUT2D eigenvalue weighted by atomic mass is 35.5. The largest absolute Gasteiger partial charge is 0.349 e. The molecule has 0 heterocycles. The Morgan fingerprint density at radius 3 is 2.49 bits per heavy atom. The van der Waals surface area contributed by atoms with Crippen molar-refractivity contribution in [2.24, 2.45) is 5.92 Å². The number of hydrogen-bond acceptors (Lipinski definition) is 2. The number of amides is 1. The molecule has 3 atom stereocenters. The van der Waals surface area contributed by atoms with Gasteiger partial charge in [-0.3, -0.25) is 4.79 Å². The second-order valence-electron chi connectivity index (χ2n) is 10.4.